The van der Waals surface area contributed by atoms with Crippen LogP contribution >= 0.6 is 23.6 Å². The van der Waals surface area contributed by atoms with Gasteiger partial charge in [-0.2, -0.15) is 0 Å². The Morgan fingerprint density at radius 3 is 3.09 bits per heavy atom. The number of nitrogens with one attached hydrogen (secondary N) is 1. The highest BCUT2D eigenvalue weighted by molar-refractivity contribution is 7.81. The third kappa shape index (κ3) is 2.57. The van der Waals surface area contributed by atoms with Gasteiger partial charge in [0.15, 0.2) is 0 Å². The van der Waals surface area contributed by atoms with Crippen molar-refractivity contribution in [2.24, 2.45) is 0 Å². The van der Waals surface area contributed by atoms with Crippen molar-refractivity contribution in [1.82, 2.24) is 5.32 Å². The summed E-state index contributed by atoms with van der Waals surface area (Å²) in [7, 11) is 0. The molecule has 0 bridgehead atoms. The Morgan fingerprint density at radius 1 is 1.73 bits per heavy atom. The molecule has 11 heavy (non-hydrogen) atoms. The zero-order valence-electron chi connectivity index (χ0n) is 5.91. The van der Waals surface area contributed by atoms with Crippen molar-refractivity contribution in [2.45, 2.75) is 0 Å². The van der Waals surface area contributed by atoms with E-state index in [9.17, 15) is 0 Å². The van der Waals surface area contributed by atoms with Gasteiger partial charge in [-0.05, 0) is 11.4 Å². The Hall–Kier alpha value is -0.450. The van der Waals surface area contributed by atoms with E-state index in [0.29, 0.717) is 11.5 Å². The topological polar surface area (TPSA) is 32.3 Å². The predicted molar refractivity (Wildman–Crippen MR) is 51.1 cm³/mol. The molecule has 0 unspecified atom stereocenters. The average Bonchev–Trinajstić information content (AvgIpc) is 2.52. The van der Waals surface area contributed by atoms with Gasteiger partial charge in [-0.1, -0.05) is 18.3 Å². The second-order valence-corrected chi connectivity index (χ2v) is 3.31. The summed E-state index contributed by atoms with van der Waals surface area (Å²) < 4.78 is 0. The average molecular weight is 187 g/mol. The first-order valence-corrected chi connectivity index (χ1v) is 4.56. The molecule has 0 saturated heterocycles. The van der Waals surface area contributed by atoms with Gasteiger partial charge in [0.2, 0.25) is 0 Å². The predicted octanol–water partition coefficient (Wildman–Crippen LogP) is 1.01. The van der Waals surface area contributed by atoms with E-state index in [2.05, 4.69) is 5.32 Å². The van der Waals surface area contributed by atoms with E-state index in [-0.39, 0.29) is 6.61 Å². The lowest BCUT2D eigenvalue weighted by atomic mass is 10.4. The molecule has 0 saturated carbocycles. The van der Waals surface area contributed by atoms with Crippen LogP contribution in [-0.4, -0.2) is 23.2 Å². The van der Waals surface area contributed by atoms with Crippen molar-refractivity contribution in [3.05, 3.63) is 22.4 Å². The summed E-state index contributed by atoms with van der Waals surface area (Å²) in [5.74, 6) is 0. The normalized spacial score (nSPS) is 9.55. The fourth-order valence-electron chi connectivity index (χ4n) is 0.664. The molecule has 60 valence electrons. The highest BCUT2D eigenvalue weighted by Gasteiger charge is 1.98. The minimum Gasteiger partial charge on any atom is -0.395 e. The molecule has 0 spiro atoms. The third-order valence-corrected chi connectivity index (χ3v) is 2.52. The Labute approximate surface area is 74.9 Å². The molecule has 4 heteroatoms. The smallest absolute Gasteiger partial charge is 0.116 e. The molecule has 2 N–H and O–H groups in total. The summed E-state index contributed by atoms with van der Waals surface area (Å²) in [6.45, 7) is 0.641. The SMILES string of the molecule is OCCNC(=S)c1cccs1. The van der Waals surface area contributed by atoms with Crippen LogP contribution in [0.15, 0.2) is 17.5 Å². The van der Waals surface area contributed by atoms with Crippen LogP contribution in [0.1, 0.15) is 4.88 Å². The maximum Gasteiger partial charge on any atom is 0.116 e. The van der Waals surface area contributed by atoms with Gasteiger partial charge >= 0.3 is 0 Å². The Kier molecular flexibility index (Phi) is 3.48. The lowest BCUT2D eigenvalue weighted by Crippen LogP contribution is -2.24. The molecule has 0 aliphatic heterocycles. The maximum atomic E-state index is 8.49. The van der Waals surface area contributed by atoms with Crippen molar-refractivity contribution in [3.63, 3.8) is 0 Å². The first-order valence-electron chi connectivity index (χ1n) is 3.27. The molecule has 0 aliphatic carbocycles. The Balaban J connectivity index is 2.43. The lowest BCUT2D eigenvalue weighted by Gasteiger charge is -2.01. The van der Waals surface area contributed by atoms with E-state index in [1.54, 1.807) is 11.3 Å². The molecule has 1 heterocycles. The summed E-state index contributed by atoms with van der Waals surface area (Å²) in [6.07, 6.45) is 0. The van der Waals surface area contributed by atoms with E-state index in [1.165, 1.54) is 0 Å². The van der Waals surface area contributed by atoms with Crippen molar-refractivity contribution in [2.75, 3.05) is 13.2 Å². The molecular formula is C7H9NOS2. The largest absolute Gasteiger partial charge is 0.395 e. The molecule has 1 aromatic rings. The van der Waals surface area contributed by atoms with Gasteiger partial charge in [-0.25, -0.2) is 0 Å². The first kappa shape index (κ1) is 8.64. The zero-order chi connectivity index (χ0) is 8.10. The van der Waals surface area contributed by atoms with E-state index in [1.807, 2.05) is 17.5 Å². The minimum atomic E-state index is 0.117. The molecule has 0 aromatic carbocycles. The fourth-order valence-corrected chi connectivity index (χ4v) is 1.62. The number of hydrogen-bond donors (Lipinski definition) is 2. The van der Waals surface area contributed by atoms with Crippen LogP contribution in [0.5, 0.6) is 0 Å². The number of thiocarbonyl (C=S) groups is 1. The van der Waals surface area contributed by atoms with Crippen LogP contribution in [0.3, 0.4) is 0 Å². The van der Waals surface area contributed by atoms with Crippen LogP contribution in [0.25, 0.3) is 0 Å². The third-order valence-electron chi connectivity index (χ3n) is 1.14. The van der Waals surface area contributed by atoms with E-state index in [4.69, 9.17) is 17.3 Å². The Bertz CT molecular complexity index is 220. The number of aliphatic hydroxyl groups excluding tert-OH is 1. The molecule has 1 rings (SSSR count). The van der Waals surface area contributed by atoms with Crippen LogP contribution < -0.4 is 5.32 Å². The van der Waals surface area contributed by atoms with Crippen molar-refractivity contribution in [1.29, 1.82) is 0 Å². The van der Waals surface area contributed by atoms with E-state index < -0.39 is 0 Å². The fraction of sp³-hybridized carbons (Fsp3) is 0.286. The van der Waals surface area contributed by atoms with Crippen molar-refractivity contribution >= 4 is 28.5 Å². The summed E-state index contributed by atoms with van der Waals surface area (Å²) in [6, 6.07) is 3.91. The minimum absolute atomic E-state index is 0.117. The van der Waals surface area contributed by atoms with Gasteiger partial charge in [-0.3, -0.25) is 0 Å². The molecule has 0 fully saturated rings. The Morgan fingerprint density at radius 2 is 2.55 bits per heavy atom. The number of rotatable bonds is 3. The van der Waals surface area contributed by atoms with Gasteiger partial charge in [-0.15, -0.1) is 11.3 Å². The van der Waals surface area contributed by atoms with Gasteiger partial charge in [0.05, 0.1) is 11.5 Å². The number of aliphatic hydroxyl groups is 1. The molecule has 0 aliphatic rings. The summed E-state index contributed by atoms with van der Waals surface area (Å²) in [5, 5.41) is 13.4. The van der Waals surface area contributed by atoms with Gasteiger partial charge in [0, 0.05) is 6.54 Å². The standard InChI is InChI=1S/C7H9NOS2/c9-4-3-8-7(10)6-2-1-5-11-6/h1-2,5,9H,3-4H2,(H,8,10). The lowest BCUT2D eigenvalue weighted by molar-refractivity contribution is 0.301. The molecule has 1 aromatic heterocycles. The second kappa shape index (κ2) is 4.43. The summed E-state index contributed by atoms with van der Waals surface area (Å²) in [4.78, 5) is 1.77. The van der Waals surface area contributed by atoms with Crippen molar-refractivity contribution < 1.29 is 5.11 Å². The van der Waals surface area contributed by atoms with Gasteiger partial charge in [0.25, 0.3) is 0 Å². The first-order chi connectivity index (χ1) is 5.34. The number of hydrogen-bond acceptors (Lipinski definition) is 3. The van der Waals surface area contributed by atoms with E-state index >= 15 is 0 Å². The molecule has 0 atom stereocenters. The highest BCUT2D eigenvalue weighted by Crippen LogP contribution is 2.08. The summed E-state index contributed by atoms with van der Waals surface area (Å²) >= 11 is 6.62. The molecule has 0 amide bonds. The van der Waals surface area contributed by atoms with Crippen LogP contribution in [0, 0.1) is 0 Å². The maximum absolute atomic E-state index is 8.49. The zero-order valence-corrected chi connectivity index (χ0v) is 7.54. The highest BCUT2D eigenvalue weighted by atomic mass is 32.1. The van der Waals surface area contributed by atoms with Crippen molar-refractivity contribution in [3.8, 4) is 0 Å². The quantitative estimate of drug-likeness (QED) is 0.693. The van der Waals surface area contributed by atoms with Crippen LogP contribution in [0.4, 0.5) is 0 Å². The van der Waals surface area contributed by atoms with Gasteiger partial charge in [0.1, 0.15) is 4.99 Å². The monoisotopic (exact) mass is 187 g/mol. The van der Waals surface area contributed by atoms with Crippen LogP contribution in [0.2, 0.25) is 0 Å². The second-order valence-electron chi connectivity index (χ2n) is 1.96. The van der Waals surface area contributed by atoms with Crippen LogP contribution in [-0.2, 0) is 0 Å². The summed E-state index contributed by atoms with van der Waals surface area (Å²) in [5.41, 5.74) is 0. The van der Waals surface area contributed by atoms with E-state index in [0.717, 1.165) is 4.88 Å². The molecule has 0 radical (unpaired) electrons. The molecular weight excluding hydrogens is 178 g/mol. The van der Waals surface area contributed by atoms with Gasteiger partial charge < -0.3 is 10.4 Å². The molecule has 2 nitrogen and oxygen atoms in total. The number of thiophene rings is 1.